The average molecular weight is 295 g/mol. The lowest BCUT2D eigenvalue weighted by Gasteiger charge is -2.34. The van der Waals surface area contributed by atoms with Crippen LogP contribution in [-0.4, -0.2) is 49.3 Å². The molecule has 0 N–H and O–H groups in total. The van der Waals surface area contributed by atoms with Gasteiger partial charge in [0.25, 0.3) is 0 Å². The number of nitrogens with zero attached hydrogens (tertiary/aromatic N) is 1. The maximum atomic E-state index is 11.8. The van der Waals surface area contributed by atoms with Gasteiger partial charge in [0.1, 0.15) is 0 Å². The Morgan fingerprint density at radius 3 is 2.71 bits per heavy atom. The Morgan fingerprint density at radius 1 is 1.24 bits per heavy atom. The van der Waals surface area contributed by atoms with Crippen molar-refractivity contribution in [1.29, 1.82) is 0 Å². The first kappa shape index (κ1) is 15.3. The van der Waals surface area contributed by atoms with Gasteiger partial charge in [-0.15, -0.1) is 0 Å². The minimum Gasteiger partial charge on any atom is -0.469 e. The van der Waals surface area contributed by atoms with Crippen LogP contribution in [0.4, 0.5) is 0 Å². The first-order valence-corrected chi connectivity index (χ1v) is 8.60. The van der Waals surface area contributed by atoms with E-state index in [-0.39, 0.29) is 17.5 Å². The van der Waals surface area contributed by atoms with Crippen molar-refractivity contribution in [3.63, 3.8) is 0 Å². The van der Waals surface area contributed by atoms with Crippen LogP contribution in [0.5, 0.6) is 0 Å². The Morgan fingerprint density at radius 2 is 2.00 bits per heavy atom. The van der Waals surface area contributed by atoms with Gasteiger partial charge >= 0.3 is 5.97 Å². The van der Waals surface area contributed by atoms with E-state index >= 15 is 0 Å². The van der Waals surface area contributed by atoms with Crippen molar-refractivity contribution in [3.05, 3.63) is 0 Å². The molecular weight excluding hydrogens is 266 g/mol. The molecule has 3 aliphatic rings. The maximum Gasteiger partial charge on any atom is 0.310 e. The Kier molecular flexibility index (Phi) is 4.55. The molecule has 1 aliphatic carbocycles. The van der Waals surface area contributed by atoms with E-state index in [2.05, 4.69) is 11.8 Å². The van der Waals surface area contributed by atoms with Gasteiger partial charge in [-0.05, 0) is 31.6 Å². The number of methoxy groups -OCH3 is 1. The quantitative estimate of drug-likeness (QED) is 0.750. The lowest BCUT2D eigenvalue weighted by Crippen LogP contribution is -2.36. The number of esters is 1. The van der Waals surface area contributed by atoms with Crippen LogP contribution in [0.3, 0.4) is 0 Å². The second-order valence-corrected chi connectivity index (χ2v) is 7.35. The van der Waals surface area contributed by atoms with Crippen LogP contribution in [0.25, 0.3) is 0 Å². The molecule has 0 aromatic rings. The van der Waals surface area contributed by atoms with Gasteiger partial charge in [0.2, 0.25) is 0 Å². The van der Waals surface area contributed by atoms with E-state index in [1.807, 2.05) is 0 Å². The molecule has 120 valence electrons. The number of ether oxygens (including phenoxy) is 2. The minimum atomic E-state index is -0.0545. The molecule has 3 unspecified atom stereocenters. The standard InChI is InChI=1S/C17H29NO3/c1-13-10-18(12-15(13)16(19)20-2)11-14-6-9-17(21-14)7-4-3-5-8-17/h13-15H,3-12H2,1-2H3. The highest BCUT2D eigenvalue weighted by atomic mass is 16.5. The van der Waals surface area contributed by atoms with E-state index in [0.29, 0.717) is 12.0 Å². The Hall–Kier alpha value is -0.610. The fraction of sp³-hybridized carbons (Fsp3) is 0.941. The van der Waals surface area contributed by atoms with Gasteiger partial charge in [-0.2, -0.15) is 0 Å². The zero-order valence-electron chi connectivity index (χ0n) is 13.5. The summed E-state index contributed by atoms with van der Waals surface area (Å²) in [6, 6.07) is 0. The summed E-state index contributed by atoms with van der Waals surface area (Å²) < 4.78 is 11.4. The lowest BCUT2D eigenvalue weighted by molar-refractivity contribution is -0.146. The molecule has 21 heavy (non-hydrogen) atoms. The third-order valence-corrected chi connectivity index (χ3v) is 5.76. The molecule has 0 bridgehead atoms. The van der Waals surface area contributed by atoms with Crippen molar-refractivity contribution in [3.8, 4) is 0 Å². The molecule has 0 aromatic carbocycles. The smallest absolute Gasteiger partial charge is 0.310 e. The maximum absolute atomic E-state index is 11.8. The number of carbonyl (C=O) groups is 1. The predicted octanol–water partition coefficient (Wildman–Crippen LogP) is 2.61. The summed E-state index contributed by atoms with van der Waals surface area (Å²) in [6.45, 7) is 4.96. The summed E-state index contributed by atoms with van der Waals surface area (Å²) in [4.78, 5) is 14.2. The fourth-order valence-corrected chi connectivity index (χ4v) is 4.55. The van der Waals surface area contributed by atoms with Crippen LogP contribution < -0.4 is 0 Å². The van der Waals surface area contributed by atoms with Crippen molar-refractivity contribution in [1.82, 2.24) is 4.90 Å². The molecule has 2 aliphatic heterocycles. The summed E-state index contributed by atoms with van der Waals surface area (Å²) in [5.41, 5.74) is 0.204. The van der Waals surface area contributed by atoms with Crippen molar-refractivity contribution in [2.75, 3.05) is 26.7 Å². The summed E-state index contributed by atoms with van der Waals surface area (Å²) in [5.74, 6) is 0.378. The van der Waals surface area contributed by atoms with Gasteiger partial charge < -0.3 is 9.47 Å². The molecule has 0 aromatic heterocycles. The first-order chi connectivity index (χ1) is 10.1. The van der Waals surface area contributed by atoms with Crippen molar-refractivity contribution >= 4 is 5.97 Å². The highest BCUT2D eigenvalue weighted by Gasteiger charge is 2.43. The second kappa shape index (κ2) is 6.25. The van der Waals surface area contributed by atoms with Crippen LogP contribution in [-0.2, 0) is 14.3 Å². The molecule has 3 atom stereocenters. The predicted molar refractivity (Wildman–Crippen MR) is 81.0 cm³/mol. The van der Waals surface area contributed by atoms with Gasteiger partial charge in [0.05, 0.1) is 24.7 Å². The van der Waals surface area contributed by atoms with Gasteiger partial charge in [0, 0.05) is 19.6 Å². The van der Waals surface area contributed by atoms with Gasteiger partial charge in [-0.3, -0.25) is 9.69 Å². The molecule has 2 heterocycles. The minimum absolute atomic E-state index is 0.0417. The monoisotopic (exact) mass is 295 g/mol. The SMILES string of the molecule is COC(=O)C1CN(CC2CCC3(CCCCC3)O2)CC1C. The molecule has 3 fully saturated rings. The lowest BCUT2D eigenvalue weighted by atomic mass is 9.83. The van der Waals surface area contributed by atoms with Crippen molar-refractivity contribution in [2.24, 2.45) is 11.8 Å². The Balaban J connectivity index is 1.51. The number of carbonyl (C=O) groups excluding carboxylic acids is 1. The van der Waals surface area contributed by atoms with Crippen molar-refractivity contribution in [2.45, 2.75) is 63.6 Å². The molecule has 4 nitrogen and oxygen atoms in total. The van der Waals surface area contributed by atoms with Crippen molar-refractivity contribution < 1.29 is 14.3 Å². The van der Waals surface area contributed by atoms with E-state index in [1.165, 1.54) is 52.1 Å². The Bertz CT molecular complexity index is 378. The molecule has 3 rings (SSSR count). The van der Waals surface area contributed by atoms with Crippen LogP contribution in [0, 0.1) is 11.8 Å². The van der Waals surface area contributed by atoms with Crippen LogP contribution in [0.1, 0.15) is 51.9 Å². The summed E-state index contributed by atoms with van der Waals surface area (Å²) >= 11 is 0. The summed E-state index contributed by atoms with van der Waals surface area (Å²) in [6.07, 6.45) is 9.34. The topological polar surface area (TPSA) is 38.8 Å². The van der Waals surface area contributed by atoms with E-state index in [0.717, 1.165) is 19.6 Å². The fourth-order valence-electron chi connectivity index (χ4n) is 4.55. The van der Waals surface area contributed by atoms with Gasteiger partial charge in [-0.25, -0.2) is 0 Å². The van der Waals surface area contributed by atoms with Crippen LogP contribution >= 0.6 is 0 Å². The molecule has 0 amide bonds. The highest BCUT2D eigenvalue weighted by Crippen LogP contribution is 2.42. The third kappa shape index (κ3) is 3.26. The van der Waals surface area contributed by atoms with Gasteiger partial charge in [0.15, 0.2) is 0 Å². The zero-order chi connectivity index (χ0) is 14.9. The van der Waals surface area contributed by atoms with E-state index in [1.54, 1.807) is 0 Å². The largest absolute Gasteiger partial charge is 0.469 e. The van der Waals surface area contributed by atoms with Crippen LogP contribution in [0.2, 0.25) is 0 Å². The summed E-state index contributed by atoms with van der Waals surface area (Å²) in [7, 11) is 1.49. The first-order valence-electron chi connectivity index (χ1n) is 8.60. The van der Waals surface area contributed by atoms with Gasteiger partial charge in [-0.1, -0.05) is 26.2 Å². The highest BCUT2D eigenvalue weighted by molar-refractivity contribution is 5.73. The number of likely N-dealkylation sites (tertiary alicyclic amines) is 1. The normalized spacial score (nSPS) is 36.2. The number of rotatable bonds is 3. The third-order valence-electron chi connectivity index (χ3n) is 5.76. The van der Waals surface area contributed by atoms with Crippen LogP contribution in [0.15, 0.2) is 0 Å². The molecule has 0 radical (unpaired) electrons. The summed E-state index contributed by atoms with van der Waals surface area (Å²) in [5, 5.41) is 0. The molecule has 2 saturated heterocycles. The average Bonchev–Trinajstić information content (AvgIpc) is 3.03. The van der Waals surface area contributed by atoms with E-state index < -0.39 is 0 Å². The molecule has 4 heteroatoms. The Labute approximate surface area is 128 Å². The molecule has 1 spiro atoms. The van der Waals surface area contributed by atoms with E-state index in [9.17, 15) is 4.79 Å². The number of hydrogen-bond acceptors (Lipinski definition) is 4. The zero-order valence-corrected chi connectivity index (χ0v) is 13.5. The molecular formula is C17H29NO3. The number of hydrogen-bond donors (Lipinski definition) is 0. The molecule has 1 saturated carbocycles. The second-order valence-electron chi connectivity index (χ2n) is 7.35. The van der Waals surface area contributed by atoms with E-state index in [4.69, 9.17) is 9.47 Å².